The van der Waals surface area contributed by atoms with Gasteiger partial charge in [-0.1, -0.05) is 30.0 Å². The van der Waals surface area contributed by atoms with E-state index in [2.05, 4.69) is 15.3 Å². The zero-order valence-corrected chi connectivity index (χ0v) is 12.7. The van der Waals surface area contributed by atoms with Crippen molar-refractivity contribution in [2.24, 2.45) is 0 Å². The van der Waals surface area contributed by atoms with E-state index < -0.39 is 0 Å². The Morgan fingerprint density at radius 3 is 2.86 bits per heavy atom. The molecule has 0 saturated carbocycles. The predicted octanol–water partition coefficient (Wildman–Crippen LogP) is 2.67. The van der Waals surface area contributed by atoms with Gasteiger partial charge in [0.25, 0.3) is 5.22 Å². The van der Waals surface area contributed by atoms with E-state index in [4.69, 9.17) is 4.42 Å². The van der Waals surface area contributed by atoms with Gasteiger partial charge in [0.1, 0.15) is 5.52 Å². The molecule has 2 heterocycles. The van der Waals surface area contributed by atoms with Gasteiger partial charge in [-0.25, -0.2) is 4.98 Å². The Bertz CT molecular complexity index is 725. The van der Waals surface area contributed by atoms with Crippen LogP contribution >= 0.6 is 11.8 Å². The monoisotopic (exact) mass is 313 g/mol. The van der Waals surface area contributed by atoms with Gasteiger partial charge in [0, 0.05) is 24.9 Å². The third-order valence-corrected chi connectivity index (χ3v) is 3.86. The van der Waals surface area contributed by atoms with Crippen LogP contribution in [0.3, 0.4) is 0 Å². The van der Waals surface area contributed by atoms with Crippen molar-refractivity contribution in [2.75, 3.05) is 12.3 Å². The van der Waals surface area contributed by atoms with E-state index in [0.717, 1.165) is 23.2 Å². The minimum absolute atomic E-state index is 0.0387. The van der Waals surface area contributed by atoms with Gasteiger partial charge in [0.15, 0.2) is 5.58 Å². The van der Waals surface area contributed by atoms with Crippen molar-refractivity contribution < 1.29 is 9.21 Å². The summed E-state index contributed by atoms with van der Waals surface area (Å²) in [5, 5.41) is 3.38. The molecule has 6 heteroatoms. The molecule has 0 spiro atoms. The first-order chi connectivity index (χ1) is 10.8. The molecular formula is C16H15N3O2S. The fourth-order valence-electron chi connectivity index (χ4n) is 1.97. The molecule has 5 nitrogen and oxygen atoms in total. The van der Waals surface area contributed by atoms with E-state index in [-0.39, 0.29) is 11.7 Å². The lowest BCUT2D eigenvalue weighted by molar-refractivity contribution is -0.118. The van der Waals surface area contributed by atoms with E-state index in [1.807, 2.05) is 42.5 Å². The van der Waals surface area contributed by atoms with Crippen molar-refractivity contribution in [3.8, 4) is 0 Å². The van der Waals surface area contributed by atoms with Gasteiger partial charge in [-0.15, -0.1) is 0 Å². The Kier molecular flexibility index (Phi) is 4.70. The molecule has 0 aliphatic carbocycles. The number of hydrogen-bond donors (Lipinski definition) is 1. The van der Waals surface area contributed by atoms with Crippen LogP contribution in [0.4, 0.5) is 0 Å². The lowest BCUT2D eigenvalue weighted by atomic mass is 10.3. The van der Waals surface area contributed by atoms with Crippen molar-refractivity contribution in [1.29, 1.82) is 0 Å². The Balaban J connectivity index is 1.44. The number of fused-ring (bicyclic) bond motifs is 1. The molecular weight excluding hydrogens is 298 g/mol. The molecule has 3 aromatic rings. The number of nitrogens with zero attached hydrogens (tertiary/aromatic N) is 2. The Hall–Kier alpha value is -2.34. The van der Waals surface area contributed by atoms with Crippen molar-refractivity contribution >= 4 is 28.8 Å². The number of hydrogen-bond acceptors (Lipinski definition) is 5. The molecule has 1 amide bonds. The number of carbonyl (C=O) groups is 1. The van der Waals surface area contributed by atoms with Crippen LogP contribution in [0.2, 0.25) is 0 Å². The number of nitrogens with one attached hydrogen (secondary N) is 1. The topological polar surface area (TPSA) is 68.0 Å². The summed E-state index contributed by atoms with van der Waals surface area (Å²) in [7, 11) is 0. The molecule has 0 saturated heterocycles. The van der Waals surface area contributed by atoms with Crippen LogP contribution in [-0.4, -0.2) is 28.2 Å². The van der Waals surface area contributed by atoms with Gasteiger partial charge in [-0.05, 0) is 24.3 Å². The number of pyridine rings is 1. The molecule has 3 rings (SSSR count). The standard InChI is InChI=1S/C16H15N3O2S/c20-15(18-10-8-12-5-3-4-9-17-12)11-22-16-19-13-6-1-2-7-14(13)21-16/h1-7,9H,8,10-11H2,(H,18,20). The van der Waals surface area contributed by atoms with Crippen LogP contribution in [0.15, 0.2) is 58.3 Å². The Morgan fingerprint density at radius 2 is 2.05 bits per heavy atom. The van der Waals surface area contributed by atoms with Gasteiger partial charge < -0.3 is 9.73 Å². The van der Waals surface area contributed by atoms with Crippen molar-refractivity contribution in [3.63, 3.8) is 0 Å². The molecule has 112 valence electrons. The van der Waals surface area contributed by atoms with Gasteiger partial charge in [-0.2, -0.15) is 0 Å². The number of benzene rings is 1. The average Bonchev–Trinajstić information content (AvgIpc) is 2.97. The average molecular weight is 313 g/mol. The molecule has 0 bridgehead atoms. The number of rotatable bonds is 6. The molecule has 2 aromatic heterocycles. The zero-order valence-electron chi connectivity index (χ0n) is 11.9. The smallest absolute Gasteiger partial charge is 0.257 e. The van der Waals surface area contributed by atoms with Crippen LogP contribution in [0, 0.1) is 0 Å². The molecule has 0 radical (unpaired) electrons. The minimum atomic E-state index is -0.0387. The molecule has 1 aromatic carbocycles. The van der Waals surface area contributed by atoms with Crippen LogP contribution in [0.1, 0.15) is 5.69 Å². The summed E-state index contributed by atoms with van der Waals surface area (Å²) < 4.78 is 5.55. The van der Waals surface area contributed by atoms with E-state index in [1.165, 1.54) is 11.8 Å². The van der Waals surface area contributed by atoms with Crippen LogP contribution in [-0.2, 0) is 11.2 Å². The second-order valence-corrected chi connectivity index (χ2v) is 5.58. The van der Waals surface area contributed by atoms with Crippen molar-refractivity contribution in [1.82, 2.24) is 15.3 Å². The van der Waals surface area contributed by atoms with E-state index in [1.54, 1.807) is 6.20 Å². The number of oxazole rings is 1. The highest BCUT2D eigenvalue weighted by atomic mass is 32.2. The maximum absolute atomic E-state index is 11.8. The highest BCUT2D eigenvalue weighted by molar-refractivity contribution is 7.99. The highest BCUT2D eigenvalue weighted by Gasteiger charge is 2.08. The maximum Gasteiger partial charge on any atom is 0.257 e. The first kappa shape index (κ1) is 14.6. The lowest BCUT2D eigenvalue weighted by Gasteiger charge is -2.03. The van der Waals surface area contributed by atoms with E-state index >= 15 is 0 Å². The maximum atomic E-state index is 11.8. The van der Waals surface area contributed by atoms with Crippen LogP contribution < -0.4 is 5.32 Å². The fraction of sp³-hybridized carbons (Fsp3) is 0.188. The summed E-state index contributed by atoms with van der Waals surface area (Å²) in [6, 6.07) is 13.3. The summed E-state index contributed by atoms with van der Waals surface area (Å²) >= 11 is 1.30. The zero-order chi connectivity index (χ0) is 15.2. The number of aromatic nitrogens is 2. The number of amides is 1. The fourth-order valence-corrected chi connectivity index (χ4v) is 2.64. The Labute approximate surface area is 132 Å². The van der Waals surface area contributed by atoms with Crippen LogP contribution in [0.25, 0.3) is 11.1 Å². The number of para-hydroxylation sites is 2. The van der Waals surface area contributed by atoms with E-state index in [9.17, 15) is 4.79 Å². The predicted molar refractivity (Wildman–Crippen MR) is 85.7 cm³/mol. The Morgan fingerprint density at radius 1 is 1.18 bits per heavy atom. The molecule has 0 aliphatic rings. The van der Waals surface area contributed by atoms with Crippen molar-refractivity contribution in [3.05, 3.63) is 54.4 Å². The minimum Gasteiger partial charge on any atom is -0.431 e. The first-order valence-corrected chi connectivity index (χ1v) is 7.95. The third kappa shape index (κ3) is 3.85. The summed E-state index contributed by atoms with van der Waals surface area (Å²) in [4.78, 5) is 20.3. The normalized spacial score (nSPS) is 10.7. The lowest BCUT2D eigenvalue weighted by Crippen LogP contribution is -2.27. The highest BCUT2D eigenvalue weighted by Crippen LogP contribution is 2.22. The number of thioether (sulfide) groups is 1. The van der Waals surface area contributed by atoms with E-state index in [0.29, 0.717) is 11.8 Å². The molecule has 0 fully saturated rings. The summed E-state index contributed by atoms with van der Waals surface area (Å²) in [6.07, 6.45) is 2.47. The molecule has 0 aliphatic heterocycles. The largest absolute Gasteiger partial charge is 0.431 e. The summed E-state index contributed by atoms with van der Waals surface area (Å²) in [5.74, 6) is 0.248. The molecule has 22 heavy (non-hydrogen) atoms. The van der Waals surface area contributed by atoms with Gasteiger partial charge in [0.05, 0.1) is 5.75 Å². The first-order valence-electron chi connectivity index (χ1n) is 6.96. The number of carbonyl (C=O) groups excluding carboxylic acids is 1. The molecule has 0 unspecified atom stereocenters. The third-order valence-electron chi connectivity index (χ3n) is 3.03. The second-order valence-electron chi connectivity index (χ2n) is 4.66. The molecule has 1 N–H and O–H groups in total. The van der Waals surface area contributed by atoms with Gasteiger partial charge in [0.2, 0.25) is 5.91 Å². The van der Waals surface area contributed by atoms with Gasteiger partial charge >= 0.3 is 0 Å². The quantitative estimate of drug-likeness (QED) is 0.709. The molecule has 0 atom stereocenters. The summed E-state index contributed by atoms with van der Waals surface area (Å²) in [5.41, 5.74) is 2.51. The summed E-state index contributed by atoms with van der Waals surface area (Å²) in [6.45, 7) is 0.573. The van der Waals surface area contributed by atoms with Gasteiger partial charge in [-0.3, -0.25) is 9.78 Å². The second kappa shape index (κ2) is 7.09. The van der Waals surface area contributed by atoms with Crippen molar-refractivity contribution in [2.45, 2.75) is 11.6 Å². The SMILES string of the molecule is O=C(CSc1nc2ccccc2o1)NCCc1ccccn1. The van der Waals surface area contributed by atoms with Crippen LogP contribution in [0.5, 0.6) is 0 Å².